The molecule has 0 radical (unpaired) electrons. The van der Waals surface area contributed by atoms with E-state index in [1.807, 2.05) is 25.0 Å². The second-order valence-electron chi connectivity index (χ2n) is 7.94. The predicted molar refractivity (Wildman–Crippen MR) is 115 cm³/mol. The van der Waals surface area contributed by atoms with Gasteiger partial charge in [0, 0.05) is 53.0 Å². The van der Waals surface area contributed by atoms with Gasteiger partial charge in [-0.3, -0.25) is 14.6 Å². The Morgan fingerprint density at radius 3 is 2.86 bits per heavy atom. The van der Waals surface area contributed by atoms with Crippen molar-refractivity contribution >= 4 is 5.96 Å². The smallest absolute Gasteiger partial charge is 0.193 e. The molecule has 156 valence electrons. The highest BCUT2D eigenvalue weighted by Gasteiger charge is 2.41. The minimum atomic E-state index is 0.251. The van der Waals surface area contributed by atoms with Crippen LogP contribution in [-0.4, -0.2) is 77.5 Å². The fraction of sp³-hybridized carbons (Fsp3) is 0.545. The predicted octanol–water partition coefficient (Wildman–Crippen LogP) is 1.51. The van der Waals surface area contributed by atoms with Crippen molar-refractivity contribution in [3.63, 3.8) is 0 Å². The lowest BCUT2D eigenvalue weighted by Gasteiger charge is -2.36. The Morgan fingerprint density at radius 1 is 1.24 bits per heavy atom. The third-order valence-electron chi connectivity index (χ3n) is 5.84. The van der Waals surface area contributed by atoms with E-state index in [0.717, 1.165) is 58.1 Å². The van der Waals surface area contributed by atoms with Gasteiger partial charge in [-0.15, -0.1) is 0 Å². The van der Waals surface area contributed by atoms with Gasteiger partial charge in [-0.2, -0.15) is 5.10 Å². The van der Waals surface area contributed by atoms with Crippen molar-refractivity contribution in [2.24, 2.45) is 12.0 Å². The molecule has 0 bridgehead atoms. The van der Waals surface area contributed by atoms with E-state index in [2.05, 4.69) is 61.7 Å². The van der Waals surface area contributed by atoms with Gasteiger partial charge >= 0.3 is 0 Å². The SMILES string of the molecule is CN=C(NCCCc1cnn(C)c1)N1CC2OCCN(Cc3ccccc3)C2C1. The number of morpholine rings is 1. The molecular weight excluding hydrogens is 364 g/mol. The molecule has 29 heavy (non-hydrogen) atoms. The number of ether oxygens (including phenoxy) is 1. The van der Waals surface area contributed by atoms with Crippen LogP contribution in [0.5, 0.6) is 0 Å². The number of nitrogens with zero attached hydrogens (tertiary/aromatic N) is 5. The monoisotopic (exact) mass is 396 g/mol. The maximum absolute atomic E-state index is 6.11. The average Bonchev–Trinajstić information content (AvgIpc) is 3.35. The Morgan fingerprint density at radius 2 is 2.10 bits per heavy atom. The van der Waals surface area contributed by atoms with Gasteiger partial charge < -0.3 is 15.0 Å². The largest absolute Gasteiger partial charge is 0.373 e. The van der Waals surface area contributed by atoms with Gasteiger partial charge in [-0.1, -0.05) is 30.3 Å². The number of hydrogen-bond acceptors (Lipinski definition) is 4. The highest BCUT2D eigenvalue weighted by Crippen LogP contribution is 2.24. The van der Waals surface area contributed by atoms with Gasteiger partial charge in [0.05, 0.1) is 24.9 Å². The Kier molecular flexibility index (Phi) is 6.46. The lowest BCUT2D eigenvalue weighted by atomic mass is 10.1. The lowest BCUT2D eigenvalue weighted by molar-refractivity contribution is -0.0502. The van der Waals surface area contributed by atoms with E-state index in [1.54, 1.807) is 0 Å². The van der Waals surface area contributed by atoms with E-state index >= 15 is 0 Å². The highest BCUT2D eigenvalue weighted by molar-refractivity contribution is 5.80. The molecule has 1 aromatic heterocycles. The second kappa shape index (κ2) is 9.41. The first kappa shape index (κ1) is 19.9. The first-order valence-corrected chi connectivity index (χ1v) is 10.6. The molecule has 2 atom stereocenters. The lowest BCUT2D eigenvalue weighted by Crippen LogP contribution is -2.50. The molecule has 7 heteroatoms. The summed E-state index contributed by atoms with van der Waals surface area (Å²) in [4.78, 5) is 9.45. The minimum absolute atomic E-state index is 0.251. The topological polar surface area (TPSA) is 57.9 Å². The molecule has 2 saturated heterocycles. The van der Waals surface area contributed by atoms with Crippen molar-refractivity contribution in [2.75, 3.05) is 39.8 Å². The fourth-order valence-electron chi connectivity index (χ4n) is 4.37. The molecule has 2 fully saturated rings. The zero-order valence-corrected chi connectivity index (χ0v) is 17.5. The van der Waals surface area contributed by atoms with Crippen LogP contribution in [0.2, 0.25) is 0 Å². The number of nitrogens with one attached hydrogen (secondary N) is 1. The van der Waals surface area contributed by atoms with Crippen molar-refractivity contribution in [1.29, 1.82) is 0 Å². The molecule has 0 saturated carbocycles. The Bertz CT molecular complexity index is 805. The van der Waals surface area contributed by atoms with E-state index in [1.165, 1.54) is 11.1 Å². The third kappa shape index (κ3) is 4.97. The summed E-state index contributed by atoms with van der Waals surface area (Å²) in [7, 11) is 3.83. The van der Waals surface area contributed by atoms with Crippen LogP contribution in [0.25, 0.3) is 0 Å². The van der Waals surface area contributed by atoms with Crippen LogP contribution in [0.3, 0.4) is 0 Å². The summed E-state index contributed by atoms with van der Waals surface area (Å²) in [6.07, 6.45) is 6.36. The van der Waals surface area contributed by atoms with Crippen molar-refractivity contribution in [2.45, 2.75) is 31.5 Å². The standard InChI is InChI=1S/C22H32N6O/c1-23-22(24-10-6-9-19-13-25-26(2)14-19)28-16-20-21(17-28)29-12-11-27(20)15-18-7-4-3-5-8-18/h3-5,7-8,13-14,20-21H,6,9-12,15-17H2,1-2H3,(H,23,24). The molecular formula is C22H32N6O. The Hall–Kier alpha value is -2.38. The van der Waals surface area contributed by atoms with E-state index in [4.69, 9.17) is 4.74 Å². The van der Waals surface area contributed by atoms with Gasteiger partial charge in [-0.25, -0.2) is 0 Å². The number of hydrogen-bond donors (Lipinski definition) is 1. The quantitative estimate of drug-likeness (QED) is 0.456. The molecule has 1 aromatic carbocycles. The fourth-order valence-corrected chi connectivity index (χ4v) is 4.37. The number of likely N-dealkylation sites (tertiary alicyclic amines) is 1. The first-order chi connectivity index (χ1) is 14.2. The summed E-state index contributed by atoms with van der Waals surface area (Å²) >= 11 is 0. The number of rotatable bonds is 6. The third-order valence-corrected chi connectivity index (χ3v) is 5.84. The summed E-state index contributed by atoms with van der Waals surface area (Å²) < 4.78 is 7.96. The van der Waals surface area contributed by atoms with Gasteiger partial charge in [-0.05, 0) is 24.0 Å². The molecule has 0 amide bonds. The molecule has 2 aliphatic heterocycles. The van der Waals surface area contributed by atoms with E-state index in [-0.39, 0.29) is 6.10 Å². The van der Waals surface area contributed by atoms with Gasteiger partial charge in [0.15, 0.2) is 5.96 Å². The first-order valence-electron chi connectivity index (χ1n) is 10.6. The minimum Gasteiger partial charge on any atom is -0.373 e. The molecule has 2 unspecified atom stereocenters. The number of aryl methyl sites for hydroxylation is 2. The normalized spacial score (nSPS) is 22.7. The second-order valence-corrected chi connectivity index (χ2v) is 7.94. The number of guanidine groups is 1. The number of fused-ring (bicyclic) bond motifs is 1. The summed E-state index contributed by atoms with van der Waals surface area (Å²) in [5.74, 6) is 0.980. The van der Waals surface area contributed by atoms with Crippen LogP contribution in [0.15, 0.2) is 47.7 Å². The van der Waals surface area contributed by atoms with Crippen molar-refractivity contribution in [3.05, 3.63) is 53.9 Å². The van der Waals surface area contributed by atoms with Gasteiger partial charge in [0.25, 0.3) is 0 Å². The average molecular weight is 397 g/mol. The van der Waals surface area contributed by atoms with E-state index in [0.29, 0.717) is 6.04 Å². The Labute approximate surface area is 173 Å². The van der Waals surface area contributed by atoms with Gasteiger partial charge in [0.2, 0.25) is 0 Å². The molecule has 2 aromatic rings. The van der Waals surface area contributed by atoms with Crippen LogP contribution in [0, 0.1) is 0 Å². The van der Waals surface area contributed by atoms with Crippen LogP contribution in [0.1, 0.15) is 17.5 Å². The number of aromatic nitrogens is 2. The van der Waals surface area contributed by atoms with Crippen molar-refractivity contribution in [3.8, 4) is 0 Å². The molecule has 1 N–H and O–H groups in total. The maximum atomic E-state index is 6.11. The maximum Gasteiger partial charge on any atom is 0.193 e. The molecule has 7 nitrogen and oxygen atoms in total. The van der Waals surface area contributed by atoms with Crippen molar-refractivity contribution < 1.29 is 4.74 Å². The van der Waals surface area contributed by atoms with Crippen LogP contribution in [-0.2, 0) is 24.8 Å². The number of benzene rings is 1. The molecule has 3 heterocycles. The summed E-state index contributed by atoms with van der Waals surface area (Å²) in [5.41, 5.74) is 2.64. The molecule has 4 rings (SSSR count). The van der Waals surface area contributed by atoms with Crippen molar-refractivity contribution in [1.82, 2.24) is 24.9 Å². The van der Waals surface area contributed by atoms with Gasteiger partial charge in [0.1, 0.15) is 0 Å². The highest BCUT2D eigenvalue weighted by atomic mass is 16.5. The number of aliphatic imine (C=N–C) groups is 1. The summed E-state index contributed by atoms with van der Waals surface area (Å²) in [6, 6.07) is 11.1. The van der Waals surface area contributed by atoms with Crippen LogP contribution < -0.4 is 5.32 Å². The zero-order chi connectivity index (χ0) is 20.1. The molecule has 0 spiro atoms. The Balaban J connectivity index is 1.29. The molecule has 2 aliphatic rings. The summed E-state index contributed by atoms with van der Waals surface area (Å²) in [5, 5.41) is 7.77. The zero-order valence-electron chi connectivity index (χ0n) is 17.5. The molecule has 0 aliphatic carbocycles. The van der Waals surface area contributed by atoms with E-state index in [9.17, 15) is 0 Å². The van der Waals surface area contributed by atoms with Crippen LogP contribution >= 0.6 is 0 Å². The van der Waals surface area contributed by atoms with Crippen LogP contribution in [0.4, 0.5) is 0 Å². The van der Waals surface area contributed by atoms with E-state index < -0.39 is 0 Å². The summed E-state index contributed by atoms with van der Waals surface area (Å²) in [6.45, 7) is 5.54.